The number of anilines is 2. The number of fused-ring (bicyclic) bond motifs is 1. The molecule has 0 unspecified atom stereocenters. The van der Waals surface area contributed by atoms with Crippen LogP contribution in [0.4, 0.5) is 11.5 Å². The highest BCUT2D eigenvalue weighted by Gasteiger charge is 2.33. The lowest BCUT2D eigenvalue weighted by atomic mass is 10.2. The first-order valence-corrected chi connectivity index (χ1v) is 11.5. The number of aromatic nitrogens is 2. The Morgan fingerprint density at radius 2 is 1.72 bits per heavy atom. The van der Waals surface area contributed by atoms with Gasteiger partial charge in [0.2, 0.25) is 17.7 Å². The van der Waals surface area contributed by atoms with Crippen molar-refractivity contribution in [2.75, 3.05) is 11.9 Å². The van der Waals surface area contributed by atoms with Gasteiger partial charge in [-0.1, -0.05) is 15.9 Å². The number of hydrogen-bond acceptors (Lipinski definition) is 7. The number of nitrogens with zero attached hydrogens (tertiary/aromatic N) is 4. The van der Waals surface area contributed by atoms with Crippen LogP contribution in [-0.4, -0.2) is 47.3 Å². The molecule has 166 valence electrons. The van der Waals surface area contributed by atoms with Gasteiger partial charge in [-0.25, -0.2) is 12.7 Å². The normalized spacial score (nSPS) is 12.7. The monoisotopic (exact) mass is 520 g/mol. The Kier molecular flexibility index (Phi) is 5.09. The fourth-order valence-electron chi connectivity index (χ4n) is 3.43. The zero-order chi connectivity index (χ0) is 23.5. The van der Waals surface area contributed by atoms with Gasteiger partial charge in [0.05, 0.1) is 21.5 Å². The Bertz CT molecular complexity index is 1450. The molecule has 1 aromatic heterocycles. The van der Waals surface area contributed by atoms with E-state index < -0.39 is 21.8 Å². The van der Waals surface area contributed by atoms with E-state index in [-0.39, 0.29) is 28.1 Å². The van der Waals surface area contributed by atoms with Crippen LogP contribution in [-0.2, 0) is 19.6 Å². The second-order valence-corrected chi connectivity index (χ2v) is 10.0. The molecule has 0 saturated carbocycles. The molecule has 1 aliphatic heterocycles. The van der Waals surface area contributed by atoms with Crippen LogP contribution in [0.1, 0.15) is 25.6 Å². The van der Waals surface area contributed by atoms with Crippen molar-refractivity contribution in [3.8, 4) is 11.5 Å². The molecule has 10 nitrogen and oxygen atoms in total. The maximum Gasteiger partial charge on any atom is 0.266 e. The average molecular weight is 521 g/mol. The number of ether oxygens (including phenoxy) is 1. The summed E-state index contributed by atoms with van der Waals surface area (Å²) >= 11 is 3.39. The first-order chi connectivity index (χ1) is 14.9. The summed E-state index contributed by atoms with van der Waals surface area (Å²) in [5, 5.41) is 4.75. The Morgan fingerprint density at radius 3 is 2.31 bits per heavy atom. The van der Waals surface area contributed by atoms with E-state index in [1.807, 2.05) is 0 Å². The van der Waals surface area contributed by atoms with E-state index in [1.54, 1.807) is 12.1 Å². The fraction of sp³-hybridized carbons (Fsp3) is 0.200. The maximum atomic E-state index is 12.9. The van der Waals surface area contributed by atoms with Gasteiger partial charge < -0.3 is 4.74 Å². The highest BCUT2D eigenvalue weighted by molar-refractivity contribution is 9.10. The van der Waals surface area contributed by atoms with Gasteiger partial charge in [-0.05, 0) is 30.3 Å². The van der Waals surface area contributed by atoms with Crippen molar-refractivity contribution in [3.63, 3.8) is 0 Å². The predicted octanol–water partition coefficient (Wildman–Crippen LogP) is 3.42. The van der Waals surface area contributed by atoms with Gasteiger partial charge in [-0.2, -0.15) is 4.68 Å². The van der Waals surface area contributed by atoms with Crippen LogP contribution in [0.3, 0.4) is 0 Å². The summed E-state index contributed by atoms with van der Waals surface area (Å²) in [6.45, 7) is 3.75. The second kappa shape index (κ2) is 7.41. The van der Waals surface area contributed by atoms with Crippen molar-refractivity contribution in [2.45, 2.75) is 25.7 Å². The minimum absolute atomic E-state index is 0.109. The number of benzene rings is 2. The maximum absolute atomic E-state index is 12.9. The molecule has 0 saturated heterocycles. The lowest BCUT2D eigenvalue weighted by Gasteiger charge is -2.21. The van der Waals surface area contributed by atoms with Crippen LogP contribution in [0.2, 0.25) is 0 Å². The molecular formula is C20H17BrN4O6S. The Hall–Kier alpha value is -3.25. The van der Waals surface area contributed by atoms with E-state index in [1.165, 1.54) is 36.9 Å². The van der Waals surface area contributed by atoms with Gasteiger partial charge in [0.25, 0.3) is 10.0 Å². The van der Waals surface area contributed by atoms with Crippen LogP contribution in [0.15, 0.2) is 39.7 Å². The highest BCUT2D eigenvalue weighted by Crippen LogP contribution is 2.48. The van der Waals surface area contributed by atoms with E-state index in [0.29, 0.717) is 25.4 Å². The summed E-state index contributed by atoms with van der Waals surface area (Å²) < 4.78 is 34.1. The molecule has 0 fully saturated rings. The molecule has 32 heavy (non-hydrogen) atoms. The van der Waals surface area contributed by atoms with Crippen molar-refractivity contribution in [1.82, 2.24) is 14.1 Å². The van der Waals surface area contributed by atoms with E-state index in [4.69, 9.17) is 4.74 Å². The molecule has 0 aliphatic carbocycles. The van der Waals surface area contributed by atoms with Gasteiger partial charge >= 0.3 is 0 Å². The van der Waals surface area contributed by atoms with Crippen molar-refractivity contribution >= 4 is 66.1 Å². The first kappa shape index (κ1) is 22.0. The fourth-order valence-corrected chi connectivity index (χ4v) is 5.01. The zero-order valence-electron chi connectivity index (χ0n) is 17.4. The van der Waals surface area contributed by atoms with Gasteiger partial charge in [0.15, 0.2) is 11.6 Å². The minimum atomic E-state index is -4.16. The summed E-state index contributed by atoms with van der Waals surface area (Å²) in [5.74, 6) is -0.865. The van der Waals surface area contributed by atoms with E-state index >= 15 is 0 Å². The topological polar surface area (TPSA) is 119 Å². The number of sulfonamides is 1. The molecular weight excluding hydrogens is 504 g/mol. The molecule has 4 rings (SSSR count). The molecule has 2 aromatic carbocycles. The molecule has 2 heterocycles. The van der Waals surface area contributed by atoms with Crippen molar-refractivity contribution in [2.24, 2.45) is 0 Å². The van der Waals surface area contributed by atoms with Crippen LogP contribution in [0.5, 0.6) is 11.5 Å². The lowest BCUT2D eigenvalue weighted by molar-refractivity contribution is -0.123. The number of hydrogen-bond donors (Lipinski definition) is 0. The minimum Gasteiger partial charge on any atom is -0.454 e. The van der Waals surface area contributed by atoms with E-state index in [2.05, 4.69) is 21.0 Å². The number of rotatable bonds is 2. The molecule has 2 amide bonds. The Balaban J connectivity index is 2.04. The SMILES string of the molecule is CC(=O)N1c2cc(S(=O)(=O)N(C)C(C)=O)ccc2Oc2cc(Br)cc3c2c1nn3C(C)=O. The molecule has 0 N–H and O–H groups in total. The molecule has 0 atom stereocenters. The van der Waals surface area contributed by atoms with Crippen molar-refractivity contribution in [3.05, 3.63) is 34.8 Å². The average Bonchev–Trinajstić information content (AvgIpc) is 3.00. The molecule has 0 spiro atoms. The quantitative estimate of drug-likeness (QED) is 0.507. The summed E-state index contributed by atoms with van der Waals surface area (Å²) in [4.78, 5) is 37.6. The first-order valence-electron chi connectivity index (χ1n) is 9.28. The van der Waals surface area contributed by atoms with Crippen LogP contribution in [0, 0.1) is 0 Å². The van der Waals surface area contributed by atoms with Gasteiger partial charge in [0.1, 0.15) is 5.75 Å². The number of amides is 2. The summed E-state index contributed by atoms with van der Waals surface area (Å²) in [6, 6.07) is 7.28. The molecule has 0 radical (unpaired) electrons. The third kappa shape index (κ3) is 3.26. The molecule has 3 aromatic rings. The van der Waals surface area contributed by atoms with Crippen molar-refractivity contribution < 1.29 is 27.5 Å². The third-order valence-corrected chi connectivity index (χ3v) is 7.30. The van der Waals surface area contributed by atoms with E-state index in [0.717, 1.165) is 18.7 Å². The molecule has 0 bridgehead atoms. The summed E-state index contributed by atoms with van der Waals surface area (Å²) in [6.07, 6.45) is 0. The largest absolute Gasteiger partial charge is 0.454 e. The number of carbonyl (C=O) groups is 3. The third-order valence-electron chi connectivity index (χ3n) is 5.01. The highest BCUT2D eigenvalue weighted by atomic mass is 79.9. The smallest absolute Gasteiger partial charge is 0.266 e. The van der Waals surface area contributed by atoms with Crippen molar-refractivity contribution in [1.29, 1.82) is 0 Å². The Labute approximate surface area is 191 Å². The molecule has 1 aliphatic rings. The predicted molar refractivity (Wildman–Crippen MR) is 119 cm³/mol. The van der Waals surface area contributed by atoms with Gasteiger partial charge in [0, 0.05) is 32.3 Å². The zero-order valence-corrected chi connectivity index (χ0v) is 19.8. The summed E-state index contributed by atoms with van der Waals surface area (Å²) in [7, 11) is -3.02. The summed E-state index contributed by atoms with van der Waals surface area (Å²) in [5.41, 5.74) is 0.526. The van der Waals surface area contributed by atoms with E-state index in [9.17, 15) is 22.8 Å². The lowest BCUT2D eigenvalue weighted by Crippen LogP contribution is -2.31. The van der Waals surface area contributed by atoms with Crippen LogP contribution >= 0.6 is 15.9 Å². The van der Waals surface area contributed by atoms with Crippen LogP contribution < -0.4 is 9.64 Å². The number of carbonyl (C=O) groups excluding carboxylic acids is 3. The van der Waals surface area contributed by atoms with Gasteiger partial charge in [-0.15, -0.1) is 5.10 Å². The Morgan fingerprint density at radius 1 is 1.03 bits per heavy atom. The van der Waals surface area contributed by atoms with Crippen LogP contribution in [0.25, 0.3) is 10.9 Å². The number of halogens is 1. The second-order valence-electron chi connectivity index (χ2n) is 7.13. The standard InChI is InChI=1S/C20H17BrN4O6S/c1-10(26)23(4)32(29,30)14-5-6-17-15(9-14)24(11(2)27)20-19-16(25(22-20)12(3)28)7-13(21)8-18(19)31-17/h5-9H,1-4H3. The van der Waals surface area contributed by atoms with Gasteiger partial charge in [-0.3, -0.25) is 19.3 Å². The molecule has 12 heteroatoms.